The number of nitriles is 2. The van der Waals surface area contributed by atoms with Gasteiger partial charge in [-0.05, 0) is 80.4 Å². The van der Waals surface area contributed by atoms with Gasteiger partial charge in [0.05, 0.1) is 56.8 Å². The number of fused-ring (bicyclic) bond motifs is 4. The second-order valence-corrected chi connectivity index (χ2v) is 9.42. The molecule has 190 valence electrons. The molecule has 0 unspecified atom stereocenters. The molecular formula is C33H26N4O2. The van der Waals surface area contributed by atoms with Crippen molar-refractivity contribution in [3.63, 3.8) is 0 Å². The van der Waals surface area contributed by atoms with E-state index >= 15 is 0 Å². The number of carbonyl (C=O) groups is 2. The molecule has 0 saturated carbocycles. The lowest BCUT2D eigenvalue weighted by Gasteiger charge is -2.20. The normalized spacial score (nSPS) is 12.2. The number of hydrogen-bond acceptors (Lipinski definition) is 4. The van der Waals surface area contributed by atoms with E-state index in [9.17, 15) is 20.1 Å². The zero-order chi connectivity index (χ0) is 28.0. The average molecular weight is 511 g/mol. The largest absolute Gasteiger partial charge is 0.308 e. The van der Waals surface area contributed by atoms with Crippen LogP contribution in [0.5, 0.6) is 0 Å². The Kier molecular flexibility index (Phi) is 6.26. The minimum atomic E-state index is -0.372. The van der Waals surface area contributed by atoms with Crippen LogP contribution in [0.1, 0.15) is 62.4 Å². The summed E-state index contributed by atoms with van der Waals surface area (Å²) in [5.74, 6) is -0.723. The molecule has 0 aliphatic carbocycles. The quantitative estimate of drug-likeness (QED) is 0.233. The van der Waals surface area contributed by atoms with Crippen LogP contribution in [0.2, 0.25) is 0 Å². The van der Waals surface area contributed by atoms with Gasteiger partial charge in [-0.25, -0.2) is 4.90 Å². The molecular weight excluding hydrogens is 484 g/mol. The van der Waals surface area contributed by atoms with E-state index in [0.29, 0.717) is 33.6 Å². The monoisotopic (exact) mass is 510 g/mol. The third-order valence-electron chi connectivity index (χ3n) is 7.02. The molecule has 5 aromatic rings. The molecule has 6 rings (SSSR count). The lowest BCUT2D eigenvalue weighted by Crippen LogP contribution is -2.31. The summed E-state index contributed by atoms with van der Waals surface area (Å²) >= 11 is 0. The van der Waals surface area contributed by atoms with Crippen molar-refractivity contribution in [2.45, 2.75) is 34.6 Å². The maximum absolute atomic E-state index is 14.0. The maximum atomic E-state index is 14.0. The summed E-state index contributed by atoms with van der Waals surface area (Å²) in [4.78, 5) is 28.9. The predicted molar refractivity (Wildman–Crippen MR) is 153 cm³/mol. The van der Waals surface area contributed by atoms with Gasteiger partial charge < -0.3 is 4.57 Å². The van der Waals surface area contributed by atoms with Crippen LogP contribution in [0.15, 0.2) is 66.7 Å². The van der Waals surface area contributed by atoms with Gasteiger partial charge in [0, 0.05) is 10.8 Å². The van der Waals surface area contributed by atoms with Gasteiger partial charge in [0.15, 0.2) is 0 Å². The van der Waals surface area contributed by atoms with Crippen LogP contribution in [-0.4, -0.2) is 16.4 Å². The van der Waals surface area contributed by atoms with E-state index in [2.05, 4.69) is 12.1 Å². The lowest BCUT2D eigenvalue weighted by atomic mass is 10.0. The minimum Gasteiger partial charge on any atom is -0.308 e. The molecule has 0 fully saturated rings. The van der Waals surface area contributed by atoms with E-state index < -0.39 is 0 Å². The number of amides is 2. The Hall–Kier alpha value is -5.20. The Morgan fingerprint density at radius 3 is 1.74 bits per heavy atom. The van der Waals surface area contributed by atoms with Crippen molar-refractivity contribution in [1.82, 2.24) is 4.57 Å². The molecule has 6 heteroatoms. The van der Waals surface area contributed by atoms with E-state index in [4.69, 9.17) is 0 Å². The molecule has 1 aliphatic heterocycles. The van der Waals surface area contributed by atoms with Crippen molar-refractivity contribution in [3.05, 3.63) is 106 Å². The first-order valence-corrected chi connectivity index (χ1v) is 12.8. The fourth-order valence-corrected chi connectivity index (χ4v) is 5.60. The molecule has 0 saturated heterocycles. The summed E-state index contributed by atoms with van der Waals surface area (Å²) in [5.41, 5.74) is 7.20. The number of aromatic nitrogens is 1. The Morgan fingerprint density at radius 1 is 0.692 bits per heavy atom. The molecule has 1 aliphatic rings. The Bertz CT molecular complexity index is 1840. The Morgan fingerprint density at radius 2 is 1.23 bits per heavy atom. The van der Waals surface area contributed by atoms with E-state index in [1.807, 2.05) is 69.5 Å². The molecule has 6 nitrogen and oxygen atoms in total. The topological polar surface area (TPSA) is 89.9 Å². The number of aryl methyl sites for hydroxylation is 3. The summed E-state index contributed by atoms with van der Waals surface area (Å²) < 4.78 is 1.94. The van der Waals surface area contributed by atoms with E-state index in [-0.39, 0.29) is 11.8 Å². The molecule has 0 radical (unpaired) electrons. The number of benzene rings is 4. The van der Waals surface area contributed by atoms with Gasteiger partial charge in [-0.3, -0.25) is 9.59 Å². The van der Waals surface area contributed by atoms with Crippen molar-refractivity contribution in [2.75, 3.05) is 4.90 Å². The first kappa shape index (κ1) is 25.4. The zero-order valence-electron chi connectivity index (χ0n) is 22.5. The van der Waals surface area contributed by atoms with Crippen LogP contribution in [0.25, 0.3) is 27.5 Å². The third-order valence-corrected chi connectivity index (χ3v) is 7.02. The summed E-state index contributed by atoms with van der Waals surface area (Å²) in [5, 5.41) is 20.6. The maximum Gasteiger partial charge on any atom is 0.268 e. The first-order valence-electron chi connectivity index (χ1n) is 12.8. The molecule has 0 bridgehead atoms. The summed E-state index contributed by atoms with van der Waals surface area (Å²) in [6, 6.07) is 24.3. The van der Waals surface area contributed by atoms with Crippen LogP contribution in [0, 0.1) is 43.4 Å². The predicted octanol–water partition coefficient (Wildman–Crippen LogP) is 7.28. The molecule has 0 atom stereocenters. The van der Waals surface area contributed by atoms with Gasteiger partial charge in [0.2, 0.25) is 0 Å². The van der Waals surface area contributed by atoms with Gasteiger partial charge in [-0.2, -0.15) is 10.5 Å². The highest BCUT2D eigenvalue weighted by Gasteiger charge is 2.40. The van der Waals surface area contributed by atoms with Crippen LogP contribution >= 0.6 is 0 Å². The SMILES string of the molecule is CC.Cc1cc(C)c(N2C(=O)c3cccc(-n4c5ccc(C#N)cc5c5cc(C#N)ccc54)c3C2=O)c(C)c1. The molecule has 39 heavy (non-hydrogen) atoms. The van der Waals surface area contributed by atoms with Crippen LogP contribution in [0.4, 0.5) is 5.69 Å². The highest BCUT2D eigenvalue weighted by atomic mass is 16.2. The highest BCUT2D eigenvalue weighted by Crippen LogP contribution is 2.39. The van der Waals surface area contributed by atoms with Gasteiger partial charge in [-0.1, -0.05) is 37.6 Å². The Labute approximate surface area is 226 Å². The standard InChI is InChI=1S/C31H20N4O2.C2H6/c1-17-11-18(2)29(19(3)12-17)35-30(36)22-5-4-6-27(28(22)31(35)37)34-25-9-7-20(15-32)13-23(25)24-14-21(16-33)8-10-26(24)34;1-2/h4-14H,1-3H3;1-2H3. The van der Waals surface area contributed by atoms with E-state index in [1.54, 1.807) is 36.4 Å². The molecule has 2 heterocycles. The van der Waals surface area contributed by atoms with Gasteiger partial charge >= 0.3 is 0 Å². The second kappa shape index (κ2) is 9.59. The fourth-order valence-electron chi connectivity index (χ4n) is 5.60. The molecule has 0 spiro atoms. The van der Waals surface area contributed by atoms with Gasteiger partial charge in [-0.15, -0.1) is 0 Å². The van der Waals surface area contributed by atoms with Crippen molar-refractivity contribution < 1.29 is 9.59 Å². The van der Waals surface area contributed by atoms with E-state index in [0.717, 1.165) is 38.5 Å². The molecule has 2 amide bonds. The van der Waals surface area contributed by atoms with Crippen molar-refractivity contribution in [3.8, 4) is 17.8 Å². The average Bonchev–Trinajstić information content (AvgIpc) is 3.40. The van der Waals surface area contributed by atoms with Gasteiger partial charge in [0.25, 0.3) is 11.8 Å². The first-order chi connectivity index (χ1) is 18.8. The van der Waals surface area contributed by atoms with Crippen molar-refractivity contribution in [2.24, 2.45) is 0 Å². The van der Waals surface area contributed by atoms with Crippen LogP contribution in [0.3, 0.4) is 0 Å². The van der Waals surface area contributed by atoms with Crippen molar-refractivity contribution >= 4 is 39.3 Å². The molecule has 4 aromatic carbocycles. The Balaban J connectivity index is 0.00000151. The number of imide groups is 1. The van der Waals surface area contributed by atoms with Crippen LogP contribution in [-0.2, 0) is 0 Å². The molecule has 1 aromatic heterocycles. The lowest BCUT2D eigenvalue weighted by molar-refractivity contribution is 0.0925. The fraction of sp³-hybridized carbons (Fsp3) is 0.152. The minimum absolute atomic E-state index is 0.333. The summed E-state index contributed by atoms with van der Waals surface area (Å²) in [6.45, 7) is 9.81. The number of nitrogens with zero attached hydrogens (tertiary/aromatic N) is 4. The van der Waals surface area contributed by atoms with Crippen LogP contribution < -0.4 is 4.90 Å². The number of carbonyl (C=O) groups excluding carboxylic acids is 2. The molecule has 0 N–H and O–H groups in total. The van der Waals surface area contributed by atoms with Crippen molar-refractivity contribution in [1.29, 1.82) is 10.5 Å². The van der Waals surface area contributed by atoms with E-state index in [1.165, 1.54) is 4.90 Å². The number of anilines is 1. The zero-order valence-corrected chi connectivity index (χ0v) is 22.5. The second-order valence-electron chi connectivity index (χ2n) is 9.42. The smallest absolute Gasteiger partial charge is 0.268 e. The van der Waals surface area contributed by atoms with Gasteiger partial charge in [0.1, 0.15) is 0 Å². The highest BCUT2D eigenvalue weighted by molar-refractivity contribution is 6.36. The summed E-state index contributed by atoms with van der Waals surface area (Å²) in [7, 11) is 0. The third kappa shape index (κ3) is 3.77. The summed E-state index contributed by atoms with van der Waals surface area (Å²) in [6.07, 6.45) is 0. The number of rotatable bonds is 2. The number of hydrogen-bond donors (Lipinski definition) is 0.